The highest BCUT2D eigenvalue weighted by atomic mass is 32.3. The Labute approximate surface area is 62.4 Å². The summed E-state index contributed by atoms with van der Waals surface area (Å²) in [6, 6.07) is 0. The minimum atomic E-state index is -4.29. The molecule has 0 aliphatic heterocycles. The Morgan fingerprint density at radius 2 is 2.30 bits per heavy atom. The van der Waals surface area contributed by atoms with E-state index in [-0.39, 0.29) is 16.1 Å². The van der Waals surface area contributed by atoms with Gasteiger partial charge in [0, 0.05) is 0 Å². The first-order valence-electron chi connectivity index (χ1n) is 2.64. The highest BCUT2D eigenvalue weighted by Crippen LogP contribution is 1.82. The van der Waals surface area contributed by atoms with Crippen molar-refractivity contribution in [2.75, 3.05) is 6.61 Å². The lowest BCUT2D eigenvalue weighted by Gasteiger charge is -1.89. The monoisotopic (exact) mass is 180 g/mol. The normalized spacial score (nSPS) is 11.4. The fourth-order valence-corrected chi connectivity index (χ4v) is 0.840. The zero-order chi connectivity index (χ0) is 8.04. The van der Waals surface area contributed by atoms with E-state index in [2.05, 4.69) is 15.6 Å². The highest BCUT2D eigenvalue weighted by molar-refractivity contribution is 7.80. The van der Waals surface area contributed by atoms with Crippen molar-refractivity contribution >= 4 is 19.9 Å². The molecule has 0 heterocycles. The molecule has 0 saturated carbocycles. The molecule has 0 aromatic rings. The average Bonchev–Trinajstić information content (AvgIpc) is 1.78. The molecular formula is C4H8O4SSi. The smallest absolute Gasteiger partial charge is 0.264 e. The van der Waals surface area contributed by atoms with E-state index in [0.29, 0.717) is 0 Å². The Morgan fingerprint density at radius 1 is 1.70 bits per heavy atom. The lowest BCUT2D eigenvalue weighted by atomic mass is 10.8. The van der Waals surface area contributed by atoms with Crippen LogP contribution in [0.2, 0.25) is 6.55 Å². The average molecular weight is 180 g/mol. The van der Waals surface area contributed by atoms with Crippen LogP contribution in [0.5, 0.6) is 0 Å². The Hall–Kier alpha value is -0.353. The maximum Gasteiger partial charge on any atom is 0.398 e. The molecule has 0 bridgehead atoms. The molecule has 4 nitrogen and oxygen atoms in total. The van der Waals surface area contributed by atoms with E-state index < -0.39 is 10.4 Å². The molecule has 0 aromatic heterocycles. The van der Waals surface area contributed by atoms with Gasteiger partial charge in [0.25, 0.3) is 0 Å². The van der Waals surface area contributed by atoms with Crippen LogP contribution in [0, 0.1) is 11.5 Å². The first-order valence-corrected chi connectivity index (χ1v) is 6.12. The summed E-state index contributed by atoms with van der Waals surface area (Å²) in [5.41, 5.74) is 2.71. The summed E-state index contributed by atoms with van der Waals surface area (Å²) in [6.07, 6.45) is 0. The molecule has 0 fully saturated rings. The molecule has 6 heteroatoms. The molecule has 0 saturated heterocycles. The van der Waals surface area contributed by atoms with Crippen LogP contribution in [0.3, 0.4) is 0 Å². The third-order valence-electron chi connectivity index (χ3n) is 0.582. The van der Waals surface area contributed by atoms with Crippen molar-refractivity contribution in [2.45, 2.75) is 6.55 Å². The van der Waals surface area contributed by atoms with Crippen molar-refractivity contribution in [1.29, 1.82) is 0 Å². The Balaban J connectivity index is 3.58. The molecule has 0 aliphatic rings. The second-order valence-electron chi connectivity index (χ2n) is 1.40. The lowest BCUT2D eigenvalue weighted by molar-refractivity contribution is 0.300. The van der Waals surface area contributed by atoms with Gasteiger partial charge < -0.3 is 0 Å². The molecule has 1 N–H and O–H groups in total. The maximum atomic E-state index is 9.87. The zero-order valence-electron chi connectivity index (χ0n) is 5.49. The number of hydrogen-bond acceptors (Lipinski definition) is 3. The second-order valence-corrected chi connectivity index (χ2v) is 3.55. The van der Waals surface area contributed by atoms with Crippen LogP contribution in [0.1, 0.15) is 0 Å². The number of rotatable bonds is 2. The van der Waals surface area contributed by atoms with Gasteiger partial charge in [-0.15, -0.1) is 5.54 Å². The molecular weight excluding hydrogens is 172 g/mol. The van der Waals surface area contributed by atoms with Crippen LogP contribution in [-0.2, 0) is 14.6 Å². The topological polar surface area (TPSA) is 63.6 Å². The van der Waals surface area contributed by atoms with Gasteiger partial charge in [-0.1, -0.05) is 12.5 Å². The quantitative estimate of drug-likeness (QED) is 0.336. The second kappa shape index (κ2) is 4.46. The minimum absolute atomic E-state index is 0.250. The third kappa shape index (κ3) is 7.65. The molecule has 0 unspecified atom stereocenters. The summed E-state index contributed by atoms with van der Waals surface area (Å²) >= 11 is 0. The van der Waals surface area contributed by atoms with Gasteiger partial charge in [0.05, 0.1) is 0 Å². The molecule has 0 aromatic carbocycles. The van der Waals surface area contributed by atoms with Gasteiger partial charge >= 0.3 is 10.4 Å². The summed E-state index contributed by atoms with van der Waals surface area (Å²) in [5.74, 6) is 2.44. The van der Waals surface area contributed by atoms with Crippen molar-refractivity contribution in [2.24, 2.45) is 0 Å². The summed E-state index contributed by atoms with van der Waals surface area (Å²) in [6.45, 7) is 1.71. The van der Waals surface area contributed by atoms with E-state index in [4.69, 9.17) is 4.55 Å². The van der Waals surface area contributed by atoms with Crippen LogP contribution in [0.15, 0.2) is 0 Å². The predicted octanol–water partition coefficient (Wildman–Crippen LogP) is -1.02. The fraction of sp³-hybridized carbons (Fsp3) is 0.500. The van der Waals surface area contributed by atoms with Gasteiger partial charge in [-0.2, -0.15) is 8.42 Å². The van der Waals surface area contributed by atoms with Crippen LogP contribution in [0.4, 0.5) is 0 Å². The van der Waals surface area contributed by atoms with Gasteiger partial charge in [0.15, 0.2) is 0 Å². The fourth-order valence-electron chi connectivity index (χ4n) is 0.280. The lowest BCUT2D eigenvalue weighted by Crippen LogP contribution is -2.03. The Bertz CT molecular complexity index is 234. The number of hydrogen-bond donors (Lipinski definition) is 1. The molecule has 0 amide bonds. The van der Waals surface area contributed by atoms with Crippen molar-refractivity contribution in [3.8, 4) is 11.5 Å². The molecule has 0 aliphatic carbocycles. The maximum absolute atomic E-state index is 9.87. The van der Waals surface area contributed by atoms with Crippen molar-refractivity contribution in [3.05, 3.63) is 0 Å². The van der Waals surface area contributed by atoms with Crippen LogP contribution in [-0.4, -0.2) is 29.1 Å². The largest absolute Gasteiger partial charge is 0.398 e. The molecule has 0 rings (SSSR count). The first-order chi connectivity index (χ1) is 4.56. The molecule has 0 atom stereocenters. The minimum Gasteiger partial charge on any atom is -0.264 e. The predicted molar refractivity (Wildman–Crippen MR) is 39.7 cm³/mol. The van der Waals surface area contributed by atoms with Crippen molar-refractivity contribution in [3.63, 3.8) is 0 Å². The van der Waals surface area contributed by atoms with Gasteiger partial charge in [0.1, 0.15) is 16.1 Å². The van der Waals surface area contributed by atoms with Gasteiger partial charge in [-0.25, -0.2) is 4.18 Å². The SMILES string of the molecule is C[SiH2]C#CCOS(=O)(=O)O. The summed E-state index contributed by atoms with van der Waals surface area (Å²) in [5, 5.41) is 0. The molecule has 10 heavy (non-hydrogen) atoms. The van der Waals surface area contributed by atoms with Crippen LogP contribution >= 0.6 is 0 Å². The van der Waals surface area contributed by atoms with Crippen molar-refractivity contribution < 1.29 is 17.2 Å². The van der Waals surface area contributed by atoms with E-state index in [9.17, 15) is 8.42 Å². The summed E-state index contributed by atoms with van der Waals surface area (Å²) < 4.78 is 31.7. The van der Waals surface area contributed by atoms with E-state index in [0.717, 1.165) is 0 Å². The zero-order valence-corrected chi connectivity index (χ0v) is 7.73. The van der Waals surface area contributed by atoms with Gasteiger partial charge in [-0.05, 0) is 0 Å². The van der Waals surface area contributed by atoms with Crippen molar-refractivity contribution in [1.82, 2.24) is 0 Å². The van der Waals surface area contributed by atoms with Gasteiger partial charge in [-0.3, -0.25) is 4.55 Å². The van der Waals surface area contributed by atoms with E-state index in [1.54, 1.807) is 0 Å². The van der Waals surface area contributed by atoms with Crippen LogP contribution in [0.25, 0.3) is 0 Å². The Morgan fingerprint density at radius 3 is 2.70 bits per heavy atom. The van der Waals surface area contributed by atoms with Crippen LogP contribution < -0.4 is 0 Å². The van der Waals surface area contributed by atoms with E-state index in [1.807, 2.05) is 6.55 Å². The molecule has 0 radical (unpaired) electrons. The molecule has 0 spiro atoms. The Kier molecular flexibility index (Phi) is 4.30. The standard InChI is InChI=1S/C4H8O4SSi/c1-10-4-2-3-8-9(5,6)7/h3,10H2,1H3,(H,5,6,7). The first kappa shape index (κ1) is 9.65. The van der Waals surface area contributed by atoms with Gasteiger partial charge in [0.2, 0.25) is 0 Å². The van der Waals surface area contributed by atoms with E-state index in [1.165, 1.54) is 0 Å². The summed E-state index contributed by atoms with van der Waals surface area (Å²) in [4.78, 5) is 0. The van der Waals surface area contributed by atoms with E-state index >= 15 is 0 Å². The molecule has 58 valence electrons. The summed E-state index contributed by atoms with van der Waals surface area (Å²) in [7, 11) is -4.66. The third-order valence-corrected chi connectivity index (χ3v) is 1.60. The highest BCUT2D eigenvalue weighted by Gasteiger charge is 1.99.